The molecule has 0 amide bonds. The summed E-state index contributed by atoms with van der Waals surface area (Å²) >= 11 is 0. The van der Waals surface area contributed by atoms with Gasteiger partial charge in [0.1, 0.15) is 0 Å². The van der Waals surface area contributed by atoms with Crippen molar-refractivity contribution in [3.63, 3.8) is 0 Å². The molecule has 2 unspecified atom stereocenters. The lowest BCUT2D eigenvalue weighted by molar-refractivity contribution is 0.160. The molecule has 0 aromatic rings. The average molecular weight is 129 g/mol. The van der Waals surface area contributed by atoms with Crippen molar-refractivity contribution in [2.75, 3.05) is 6.54 Å². The summed E-state index contributed by atoms with van der Waals surface area (Å²) in [6.45, 7) is 3.14. The number of aliphatic hydroxyl groups excluding tert-OH is 1. The van der Waals surface area contributed by atoms with Crippen LogP contribution < -0.4 is 5.32 Å². The zero-order chi connectivity index (χ0) is 6.69. The molecule has 0 saturated carbocycles. The summed E-state index contributed by atoms with van der Waals surface area (Å²) in [5.41, 5.74) is 0. The minimum Gasteiger partial charge on any atom is -0.393 e. The molecule has 0 aromatic heterocycles. The van der Waals surface area contributed by atoms with Crippen LogP contribution in [0.1, 0.15) is 26.2 Å². The summed E-state index contributed by atoms with van der Waals surface area (Å²) in [7, 11) is 0. The SMILES string of the molecule is CC1CCC(O)CCN1. The number of aliphatic hydroxyl groups is 1. The Hall–Kier alpha value is -0.0800. The molecule has 54 valence electrons. The molecule has 2 N–H and O–H groups in total. The third-order valence-corrected chi connectivity index (χ3v) is 1.90. The predicted octanol–water partition coefficient (Wildman–Crippen LogP) is 0.509. The van der Waals surface area contributed by atoms with Crippen LogP contribution in [0.2, 0.25) is 0 Å². The van der Waals surface area contributed by atoms with Crippen molar-refractivity contribution in [3.8, 4) is 0 Å². The lowest BCUT2D eigenvalue weighted by Gasteiger charge is -2.06. The number of hydrogen-bond acceptors (Lipinski definition) is 2. The zero-order valence-electron chi connectivity index (χ0n) is 5.93. The van der Waals surface area contributed by atoms with Gasteiger partial charge in [-0.15, -0.1) is 0 Å². The monoisotopic (exact) mass is 129 g/mol. The second kappa shape index (κ2) is 3.18. The van der Waals surface area contributed by atoms with E-state index >= 15 is 0 Å². The standard InChI is InChI=1S/C7H15NO/c1-6-2-3-7(9)4-5-8-6/h6-9H,2-5H2,1H3. The summed E-state index contributed by atoms with van der Waals surface area (Å²) in [4.78, 5) is 0. The first kappa shape index (κ1) is 7.03. The van der Waals surface area contributed by atoms with Gasteiger partial charge in [-0.1, -0.05) is 0 Å². The Labute approximate surface area is 56.3 Å². The van der Waals surface area contributed by atoms with Crippen LogP contribution in [-0.4, -0.2) is 23.8 Å². The maximum absolute atomic E-state index is 9.17. The van der Waals surface area contributed by atoms with Gasteiger partial charge >= 0.3 is 0 Å². The largest absolute Gasteiger partial charge is 0.393 e. The van der Waals surface area contributed by atoms with E-state index in [0.717, 1.165) is 25.8 Å². The first-order valence-corrected chi connectivity index (χ1v) is 3.70. The van der Waals surface area contributed by atoms with Crippen molar-refractivity contribution in [2.24, 2.45) is 0 Å². The van der Waals surface area contributed by atoms with Crippen LogP contribution >= 0.6 is 0 Å². The van der Waals surface area contributed by atoms with Gasteiger partial charge in [0.05, 0.1) is 6.10 Å². The fourth-order valence-electron chi connectivity index (χ4n) is 1.19. The molecular weight excluding hydrogens is 114 g/mol. The quantitative estimate of drug-likeness (QED) is 0.499. The molecule has 9 heavy (non-hydrogen) atoms. The lowest BCUT2D eigenvalue weighted by Crippen LogP contribution is -2.24. The maximum Gasteiger partial charge on any atom is 0.0553 e. The molecule has 1 aliphatic heterocycles. The van der Waals surface area contributed by atoms with Gasteiger partial charge in [-0.25, -0.2) is 0 Å². The highest BCUT2D eigenvalue weighted by atomic mass is 16.3. The molecule has 1 aliphatic rings. The minimum absolute atomic E-state index is 0.0533. The van der Waals surface area contributed by atoms with Gasteiger partial charge in [-0.2, -0.15) is 0 Å². The van der Waals surface area contributed by atoms with Gasteiger partial charge < -0.3 is 10.4 Å². The van der Waals surface area contributed by atoms with Crippen molar-refractivity contribution < 1.29 is 5.11 Å². The first-order valence-electron chi connectivity index (χ1n) is 3.70. The second-order valence-corrected chi connectivity index (χ2v) is 2.88. The molecule has 2 heteroatoms. The highest BCUT2D eigenvalue weighted by molar-refractivity contribution is 4.70. The Bertz CT molecular complexity index is 75.0. The zero-order valence-corrected chi connectivity index (χ0v) is 5.93. The molecule has 2 nitrogen and oxygen atoms in total. The highest BCUT2D eigenvalue weighted by Crippen LogP contribution is 2.07. The van der Waals surface area contributed by atoms with Gasteiger partial charge in [0.15, 0.2) is 0 Å². The van der Waals surface area contributed by atoms with E-state index in [1.807, 2.05) is 0 Å². The van der Waals surface area contributed by atoms with Crippen molar-refractivity contribution in [1.29, 1.82) is 0 Å². The van der Waals surface area contributed by atoms with Crippen LogP contribution in [0.15, 0.2) is 0 Å². The van der Waals surface area contributed by atoms with Crippen LogP contribution in [0.5, 0.6) is 0 Å². The molecule has 0 radical (unpaired) electrons. The number of rotatable bonds is 0. The topological polar surface area (TPSA) is 32.3 Å². The normalized spacial score (nSPS) is 38.0. The van der Waals surface area contributed by atoms with Gasteiger partial charge in [0.25, 0.3) is 0 Å². The van der Waals surface area contributed by atoms with Crippen LogP contribution in [0.4, 0.5) is 0 Å². The van der Waals surface area contributed by atoms with Crippen LogP contribution in [0.3, 0.4) is 0 Å². The van der Waals surface area contributed by atoms with Crippen LogP contribution in [-0.2, 0) is 0 Å². The Kier molecular flexibility index (Phi) is 2.49. The Morgan fingerprint density at radius 2 is 2.11 bits per heavy atom. The molecule has 1 saturated heterocycles. The molecule has 1 rings (SSSR count). The molecule has 0 aromatic carbocycles. The summed E-state index contributed by atoms with van der Waals surface area (Å²) in [5.74, 6) is 0. The summed E-state index contributed by atoms with van der Waals surface area (Å²) in [6.07, 6.45) is 2.95. The minimum atomic E-state index is -0.0533. The average Bonchev–Trinajstić information content (AvgIpc) is 1.97. The lowest BCUT2D eigenvalue weighted by atomic mass is 10.1. The van der Waals surface area contributed by atoms with Crippen molar-refractivity contribution in [3.05, 3.63) is 0 Å². The van der Waals surface area contributed by atoms with E-state index in [2.05, 4.69) is 12.2 Å². The first-order chi connectivity index (χ1) is 4.29. The summed E-state index contributed by atoms with van der Waals surface area (Å²) < 4.78 is 0. The third kappa shape index (κ3) is 2.33. The van der Waals surface area contributed by atoms with E-state index < -0.39 is 0 Å². The van der Waals surface area contributed by atoms with Gasteiger partial charge in [-0.05, 0) is 32.7 Å². The van der Waals surface area contributed by atoms with Crippen LogP contribution in [0.25, 0.3) is 0 Å². The molecule has 1 fully saturated rings. The predicted molar refractivity (Wildman–Crippen MR) is 37.3 cm³/mol. The smallest absolute Gasteiger partial charge is 0.0553 e. The van der Waals surface area contributed by atoms with Gasteiger partial charge in [0, 0.05) is 6.04 Å². The third-order valence-electron chi connectivity index (χ3n) is 1.90. The summed E-state index contributed by atoms with van der Waals surface area (Å²) in [6, 6.07) is 0.599. The van der Waals surface area contributed by atoms with E-state index in [1.165, 1.54) is 0 Å². The number of hydrogen-bond donors (Lipinski definition) is 2. The van der Waals surface area contributed by atoms with E-state index in [0.29, 0.717) is 6.04 Å². The van der Waals surface area contributed by atoms with Crippen molar-refractivity contribution >= 4 is 0 Å². The Morgan fingerprint density at radius 1 is 1.33 bits per heavy atom. The van der Waals surface area contributed by atoms with E-state index in [9.17, 15) is 0 Å². The Balaban J connectivity index is 2.25. The molecule has 0 spiro atoms. The fraction of sp³-hybridized carbons (Fsp3) is 1.00. The van der Waals surface area contributed by atoms with E-state index in [1.54, 1.807) is 0 Å². The fourth-order valence-corrected chi connectivity index (χ4v) is 1.19. The number of nitrogens with one attached hydrogen (secondary N) is 1. The van der Waals surface area contributed by atoms with Crippen molar-refractivity contribution in [2.45, 2.75) is 38.3 Å². The highest BCUT2D eigenvalue weighted by Gasteiger charge is 2.11. The van der Waals surface area contributed by atoms with Crippen LogP contribution in [0, 0.1) is 0 Å². The molecule has 2 atom stereocenters. The summed E-state index contributed by atoms with van der Waals surface area (Å²) in [5, 5.41) is 12.5. The molecule has 0 bridgehead atoms. The van der Waals surface area contributed by atoms with Crippen molar-refractivity contribution in [1.82, 2.24) is 5.32 Å². The second-order valence-electron chi connectivity index (χ2n) is 2.88. The van der Waals surface area contributed by atoms with Gasteiger partial charge in [-0.3, -0.25) is 0 Å². The van der Waals surface area contributed by atoms with Gasteiger partial charge in [0.2, 0.25) is 0 Å². The Morgan fingerprint density at radius 3 is 2.89 bits per heavy atom. The van der Waals surface area contributed by atoms with E-state index in [-0.39, 0.29) is 6.10 Å². The van der Waals surface area contributed by atoms with E-state index in [4.69, 9.17) is 5.11 Å². The molecule has 0 aliphatic carbocycles. The molecular formula is C7H15NO. The molecule has 1 heterocycles. The maximum atomic E-state index is 9.17.